The normalized spacial score (nSPS) is 12.0. The smallest absolute Gasteiger partial charge is 0.279 e. The van der Waals surface area contributed by atoms with E-state index < -0.39 is 0 Å². The number of aromatic nitrogens is 3. The van der Waals surface area contributed by atoms with E-state index >= 15 is 0 Å². The molecular formula is C16H24N7O+. The van der Waals surface area contributed by atoms with Crippen LogP contribution in [0.15, 0.2) is 12.1 Å². The monoisotopic (exact) mass is 330 g/mol. The Balaban J connectivity index is 1.99. The third kappa shape index (κ3) is 4.63. The van der Waals surface area contributed by atoms with Crippen molar-refractivity contribution in [2.45, 2.75) is 27.3 Å². The number of nitrogens with two attached hydrogens (primary N) is 2. The molecular weight excluding hydrogens is 306 g/mol. The summed E-state index contributed by atoms with van der Waals surface area (Å²) >= 11 is 0. The van der Waals surface area contributed by atoms with E-state index in [4.69, 9.17) is 11.5 Å². The molecule has 0 fully saturated rings. The number of rotatable bonds is 5. The molecule has 1 aromatic carbocycles. The molecule has 1 amide bonds. The Morgan fingerprint density at radius 1 is 1.08 bits per heavy atom. The molecule has 0 radical (unpaired) electrons. The Kier molecular flexibility index (Phi) is 5.30. The summed E-state index contributed by atoms with van der Waals surface area (Å²) in [6, 6.07) is 4.10. The largest absolute Gasteiger partial charge is 0.368 e. The second kappa shape index (κ2) is 7.22. The molecule has 0 saturated heterocycles. The first-order valence-electron chi connectivity index (χ1n) is 7.69. The lowest BCUT2D eigenvalue weighted by Crippen LogP contribution is -3.08. The summed E-state index contributed by atoms with van der Waals surface area (Å²) in [6.07, 6.45) is 0. The van der Waals surface area contributed by atoms with Crippen LogP contribution in [0.5, 0.6) is 0 Å². The molecule has 128 valence electrons. The van der Waals surface area contributed by atoms with Gasteiger partial charge in [0, 0.05) is 5.69 Å². The number of anilines is 3. The van der Waals surface area contributed by atoms with E-state index in [0.717, 1.165) is 21.7 Å². The fraction of sp³-hybridized carbons (Fsp3) is 0.375. The van der Waals surface area contributed by atoms with Crippen molar-refractivity contribution in [3.8, 4) is 0 Å². The predicted octanol–water partition coefficient (Wildman–Crippen LogP) is -0.385. The number of quaternary nitrogens is 1. The Hall–Kier alpha value is -2.74. The van der Waals surface area contributed by atoms with Crippen molar-refractivity contribution in [2.75, 3.05) is 30.4 Å². The molecule has 1 unspecified atom stereocenters. The van der Waals surface area contributed by atoms with E-state index in [1.807, 2.05) is 27.8 Å². The van der Waals surface area contributed by atoms with Crippen LogP contribution in [0.25, 0.3) is 0 Å². The van der Waals surface area contributed by atoms with Crippen LogP contribution in [0.3, 0.4) is 0 Å². The first kappa shape index (κ1) is 17.6. The Bertz CT molecular complexity index is 717. The minimum Gasteiger partial charge on any atom is -0.368 e. The van der Waals surface area contributed by atoms with Crippen LogP contribution in [-0.2, 0) is 11.3 Å². The van der Waals surface area contributed by atoms with Gasteiger partial charge in [0.1, 0.15) is 6.54 Å². The van der Waals surface area contributed by atoms with Gasteiger partial charge in [-0.1, -0.05) is 17.7 Å². The Morgan fingerprint density at radius 3 is 2.17 bits per heavy atom. The van der Waals surface area contributed by atoms with Gasteiger partial charge < -0.3 is 21.7 Å². The van der Waals surface area contributed by atoms with E-state index in [9.17, 15) is 4.79 Å². The zero-order valence-corrected chi connectivity index (χ0v) is 14.5. The van der Waals surface area contributed by atoms with Gasteiger partial charge in [0.15, 0.2) is 12.4 Å². The minimum absolute atomic E-state index is 0.0717. The zero-order valence-electron chi connectivity index (χ0n) is 14.5. The number of likely N-dealkylation sites (N-methyl/N-ethyl adjacent to an activating group) is 1. The highest BCUT2D eigenvalue weighted by Crippen LogP contribution is 2.21. The topological polar surface area (TPSA) is 124 Å². The summed E-state index contributed by atoms with van der Waals surface area (Å²) in [5, 5.41) is 2.98. The fourth-order valence-corrected chi connectivity index (χ4v) is 2.70. The van der Waals surface area contributed by atoms with Gasteiger partial charge in [0.05, 0.1) is 7.05 Å². The third-order valence-electron chi connectivity index (χ3n) is 3.58. The van der Waals surface area contributed by atoms with E-state index in [1.54, 1.807) is 0 Å². The highest BCUT2D eigenvalue weighted by molar-refractivity contribution is 5.93. The van der Waals surface area contributed by atoms with E-state index in [2.05, 4.69) is 32.4 Å². The number of aryl methyl sites for hydroxylation is 3. The van der Waals surface area contributed by atoms with Gasteiger partial charge in [0.2, 0.25) is 11.9 Å². The standard InChI is InChI=1S/C16H23N7O/c1-9-5-10(2)14(11(3)6-9)21-13(24)8-23(4)7-12-19-15(17)22-16(18)20-12/h5-6H,7-8H2,1-4H3,(H,21,24)(H4,17,18,19,20,22)/p+1. The number of hydrogen-bond acceptors (Lipinski definition) is 6. The number of nitrogen functional groups attached to an aromatic ring is 2. The van der Waals surface area contributed by atoms with Crippen molar-refractivity contribution in [1.29, 1.82) is 0 Å². The second-order valence-electron chi connectivity index (χ2n) is 6.10. The molecule has 6 N–H and O–H groups in total. The van der Waals surface area contributed by atoms with Crippen molar-refractivity contribution in [1.82, 2.24) is 15.0 Å². The molecule has 0 bridgehead atoms. The molecule has 0 aliphatic heterocycles. The molecule has 8 nitrogen and oxygen atoms in total. The molecule has 1 aromatic heterocycles. The molecule has 1 atom stereocenters. The van der Waals surface area contributed by atoms with Crippen LogP contribution in [0.1, 0.15) is 22.5 Å². The molecule has 0 saturated carbocycles. The fourth-order valence-electron chi connectivity index (χ4n) is 2.70. The van der Waals surface area contributed by atoms with E-state index in [1.165, 1.54) is 5.56 Å². The average Bonchev–Trinajstić information content (AvgIpc) is 2.41. The quantitative estimate of drug-likeness (QED) is 0.592. The van der Waals surface area contributed by atoms with Crippen LogP contribution in [0.2, 0.25) is 0 Å². The summed E-state index contributed by atoms with van der Waals surface area (Å²) < 4.78 is 0. The van der Waals surface area contributed by atoms with Crippen molar-refractivity contribution >= 4 is 23.5 Å². The lowest BCUT2D eigenvalue weighted by Gasteiger charge is -2.16. The summed E-state index contributed by atoms with van der Waals surface area (Å²) in [5.74, 6) is 0.562. The van der Waals surface area contributed by atoms with Gasteiger partial charge >= 0.3 is 0 Å². The van der Waals surface area contributed by atoms with Crippen molar-refractivity contribution < 1.29 is 9.69 Å². The lowest BCUT2D eigenvalue weighted by atomic mass is 10.1. The molecule has 0 aliphatic rings. The highest BCUT2D eigenvalue weighted by Gasteiger charge is 2.15. The lowest BCUT2D eigenvalue weighted by molar-refractivity contribution is -0.885. The minimum atomic E-state index is -0.0717. The van der Waals surface area contributed by atoms with Gasteiger partial charge in [-0.05, 0) is 31.9 Å². The number of hydrogen-bond donors (Lipinski definition) is 4. The third-order valence-corrected chi connectivity index (χ3v) is 3.58. The van der Waals surface area contributed by atoms with Crippen LogP contribution in [0, 0.1) is 20.8 Å². The zero-order chi connectivity index (χ0) is 17.9. The van der Waals surface area contributed by atoms with Gasteiger partial charge in [-0.25, -0.2) is 0 Å². The SMILES string of the molecule is Cc1cc(C)c(NC(=O)C[NH+](C)Cc2nc(N)nc(N)n2)c(C)c1. The van der Waals surface area contributed by atoms with Crippen molar-refractivity contribution in [3.05, 3.63) is 34.6 Å². The summed E-state index contributed by atoms with van der Waals surface area (Å²) in [6.45, 7) is 6.72. The van der Waals surface area contributed by atoms with Crippen molar-refractivity contribution in [3.63, 3.8) is 0 Å². The Labute approximate surface area is 141 Å². The first-order valence-corrected chi connectivity index (χ1v) is 7.69. The van der Waals surface area contributed by atoms with Gasteiger partial charge in [0.25, 0.3) is 5.91 Å². The van der Waals surface area contributed by atoms with Crippen LogP contribution in [0.4, 0.5) is 17.6 Å². The maximum absolute atomic E-state index is 12.3. The molecule has 2 rings (SSSR count). The molecule has 24 heavy (non-hydrogen) atoms. The van der Waals surface area contributed by atoms with Crippen LogP contribution in [-0.4, -0.2) is 34.5 Å². The number of nitrogens with one attached hydrogen (secondary N) is 2. The summed E-state index contributed by atoms with van der Waals surface area (Å²) in [7, 11) is 1.88. The summed E-state index contributed by atoms with van der Waals surface area (Å²) in [4.78, 5) is 25.0. The maximum atomic E-state index is 12.3. The maximum Gasteiger partial charge on any atom is 0.279 e. The van der Waals surface area contributed by atoms with Crippen LogP contribution >= 0.6 is 0 Å². The van der Waals surface area contributed by atoms with Gasteiger partial charge in [-0.3, -0.25) is 4.79 Å². The molecule has 1 heterocycles. The number of carbonyl (C=O) groups is 1. The molecule has 0 aliphatic carbocycles. The second-order valence-corrected chi connectivity index (χ2v) is 6.10. The van der Waals surface area contributed by atoms with E-state index in [0.29, 0.717) is 12.4 Å². The predicted molar refractivity (Wildman–Crippen MR) is 93.4 cm³/mol. The molecule has 2 aromatic rings. The number of carbonyl (C=O) groups excluding carboxylic acids is 1. The van der Waals surface area contributed by atoms with Crippen LogP contribution < -0.4 is 21.7 Å². The molecule has 0 spiro atoms. The Morgan fingerprint density at radius 2 is 1.62 bits per heavy atom. The number of nitrogens with zero attached hydrogens (tertiary/aromatic N) is 3. The average molecular weight is 330 g/mol. The van der Waals surface area contributed by atoms with Gasteiger partial charge in [-0.2, -0.15) is 15.0 Å². The number of benzene rings is 1. The molecule has 8 heteroatoms. The van der Waals surface area contributed by atoms with E-state index in [-0.39, 0.29) is 24.3 Å². The summed E-state index contributed by atoms with van der Waals surface area (Å²) in [5.41, 5.74) is 15.3. The van der Waals surface area contributed by atoms with Gasteiger partial charge in [-0.15, -0.1) is 0 Å². The first-order chi connectivity index (χ1) is 11.2. The van der Waals surface area contributed by atoms with Crippen molar-refractivity contribution in [2.24, 2.45) is 0 Å². The number of amides is 1. The highest BCUT2D eigenvalue weighted by atomic mass is 16.2.